The fourth-order valence-corrected chi connectivity index (χ4v) is 1.16. The van der Waals surface area contributed by atoms with E-state index in [2.05, 4.69) is 0 Å². The second-order valence-electron chi connectivity index (χ2n) is 2.67. The van der Waals surface area contributed by atoms with Gasteiger partial charge >= 0.3 is 0 Å². The molecule has 0 unspecified atom stereocenters. The Bertz CT molecular complexity index is 89.1. The third-order valence-corrected chi connectivity index (χ3v) is 1.91. The zero-order valence-corrected chi connectivity index (χ0v) is 5.13. The van der Waals surface area contributed by atoms with E-state index in [9.17, 15) is 4.39 Å². The Morgan fingerprint density at radius 3 is 2.33 bits per heavy atom. The molecule has 0 aromatic carbocycles. The Balaban J connectivity index is 2.12. The standard InChI is InChI=1S/C6H11FO2/c7-3-4-1-5(2-4)6(8)9/h4-6,8-9H,1-3H2. The van der Waals surface area contributed by atoms with E-state index in [0.717, 1.165) is 0 Å². The van der Waals surface area contributed by atoms with E-state index in [0.29, 0.717) is 12.8 Å². The van der Waals surface area contributed by atoms with Crippen molar-refractivity contribution in [1.29, 1.82) is 0 Å². The van der Waals surface area contributed by atoms with Gasteiger partial charge in [0.15, 0.2) is 6.29 Å². The highest BCUT2D eigenvalue weighted by molar-refractivity contribution is 4.79. The van der Waals surface area contributed by atoms with Gasteiger partial charge in [-0.05, 0) is 18.8 Å². The molecule has 0 bridgehead atoms. The first kappa shape index (κ1) is 6.96. The summed E-state index contributed by atoms with van der Waals surface area (Å²) in [6, 6.07) is 0. The van der Waals surface area contributed by atoms with Gasteiger partial charge in [0.2, 0.25) is 0 Å². The minimum Gasteiger partial charge on any atom is -0.368 e. The SMILES string of the molecule is OC(O)C1CC(CF)C1. The van der Waals surface area contributed by atoms with E-state index in [4.69, 9.17) is 10.2 Å². The summed E-state index contributed by atoms with van der Waals surface area (Å²) in [5.41, 5.74) is 0. The largest absolute Gasteiger partial charge is 0.368 e. The van der Waals surface area contributed by atoms with Crippen LogP contribution in [0.5, 0.6) is 0 Å². The van der Waals surface area contributed by atoms with Crippen LogP contribution >= 0.6 is 0 Å². The van der Waals surface area contributed by atoms with Gasteiger partial charge in [0.05, 0.1) is 6.67 Å². The zero-order valence-electron chi connectivity index (χ0n) is 5.13. The summed E-state index contributed by atoms with van der Waals surface area (Å²) in [7, 11) is 0. The van der Waals surface area contributed by atoms with Crippen LogP contribution in [-0.2, 0) is 0 Å². The van der Waals surface area contributed by atoms with Gasteiger partial charge < -0.3 is 10.2 Å². The van der Waals surface area contributed by atoms with Crippen molar-refractivity contribution >= 4 is 0 Å². The number of rotatable bonds is 2. The molecule has 1 saturated carbocycles. The fourth-order valence-electron chi connectivity index (χ4n) is 1.16. The van der Waals surface area contributed by atoms with Crippen LogP contribution in [0.1, 0.15) is 12.8 Å². The molecule has 0 aromatic heterocycles. The Hall–Kier alpha value is -0.150. The number of alkyl halides is 1. The number of halogens is 1. The lowest BCUT2D eigenvalue weighted by Gasteiger charge is -2.34. The fraction of sp³-hybridized carbons (Fsp3) is 1.00. The Kier molecular flexibility index (Phi) is 2.03. The molecule has 1 fully saturated rings. The minimum absolute atomic E-state index is 0.0641. The van der Waals surface area contributed by atoms with Crippen LogP contribution in [0.4, 0.5) is 4.39 Å². The lowest BCUT2D eigenvalue weighted by Crippen LogP contribution is -2.34. The van der Waals surface area contributed by atoms with E-state index < -0.39 is 6.29 Å². The Morgan fingerprint density at radius 1 is 1.44 bits per heavy atom. The van der Waals surface area contributed by atoms with Crippen LogP contribution in [0.25, 0.3) is 0 Å². The van der Waals surface area contributed by atoms with Gasteiger partial charge in [0.1, 0.15) is 0 Å². The van der Waals surface area contributed by atoms with Gasteiger partial charge in [-0.1, -0.05) is 0 Å². The topological polar surface area (TPSA) is 40.5 Å². The molecule has 0 saturated heterocycles. The van der Waals surface area contributed by atoms with Crippen molar-refractivity contribution in [3.8, 4) is 0 Å². The zero-order chi connectivity index (χ0) is 6.85. The van der Waals surface area contributed by atoms with Crippen molar-refractivity contribution in [1.82, 2.24) is 0 Å². The van der Waals surface area contributed by atoms with Gasteiger partial charge in [-0.15, -0.1) is 0 Å². The first-order valence-electron chi connectivity index (χ1n) is 3.16. The van der Waals surface area contributed by atoms with Crippen molar-refractivity contribution < 1.29 is 14.6 Å². The molecule has 1 aliphatic rings. The maximum atomic E-state index is 11.7. The maximum Gasteiger partial charge on any atom is 0.154 e. The number of hydrogen-bond acceptors (Lipinski definition) is 2. The normalized spacial score (nSPS) is 34.7. The summed E-state index contributed by atoms with van der Waals surface area (Å²) >= 11 is 0. The summed E-state index contributed by atoms with van der Waals surface area (Å²) in [6.07, 6.45) is 0.0373. The second-order valence-corrected chi connectivity index (χ2v) is 2.67. The van der Waals surface area contributed by atoms with Crippen LogP contribution in [0.2, 0.25) is 0 Å². The van der Waals surface area contributed by atoms with Gasteiger partial charge in [0, 0.05) is 5.92 Å². The third kappa shape index (κ3) is 1.40. The smallest absolute Gasteiger partial charge is 0.154 e. The molecule has 0 aromatic rings. The van der Waals surface area contributed by atoms with E-state index >= 15 is 0 Å². The molecule has 0 amide bonds. The van der Waals surface area contributed by atoms with Crippen LogP contribution in [0, 0.1) is 11.8 Å². The first-order chi connectivity index (χ1) is 4.24. The van der Waals surface area contributed by atoms with Crippen molar-refractivity contribution in [2.45, 2.75) is 19.1 Å². The van der Waals surface area contributed by atoms with E-state index in [1.165, 1.54) is 0 Å². The van der Waals surface area contributed by atoms with E-state index in [-0.39, 0.29) is 18.5 Å². The van der Waals surface area contributed by atoms with Crippen molar-refractivity contribution in [2.24, 2.45) is 11.8 Å². The molecule has 2 nitrogen and oxygen atoms in total. The van der Waals surface area contributed by atoms with Crippen molar-refractivity contribution in [3.05, 3.63) is 0 Å². The molecular formula is C6H11FO2. The van der Waals surface area contributed by atoms with E-state index in [1.54, 1.807) is 0 Å². The predicted octanol–water partition coefficient (Wildman–Crippen LogP) is 0.293. The highest BCUT2D eigenvalue weighted by Gasteiger charge is 2.33. The molecule has 1 rings (SSSR count). The summed E-state index contributed by atoms with van der Waals surface area (Å²) in [5.74, 6) is 0.0301. The molecule has 3 heteroatoms. The Labute approximate surface area is 53.3 Å². The summed E-state index contributed by atoms with van der Waals surface area (Å²) in [5, 5.41) is 17.0. The molecule has 9 heavy (non-hydrogen) atoms. The van der Waals surface area contributed by atoms with Gasteiger partial charge in [-0.3, -0.25) is 4.39 Å². The first-order valence-corrected chi connectivity index (χ1v) is 3.16. The highest BCUT2D eigenvalue weighted by atomic mass is 19.1. The molecule has 1 aliphatic carbocycles. The van der Waals surface area contributed by atoms with Crippen molar-refractivity contribution in [3.63, 3.8) is 0 Å². The number of hydrogen-bond donors (Lipinski definition) is 2. The lowest BCUT2D eigenvalue weighted by molar-refractivity contribution is -0.121. The summed E-state index contributed by atoms with van der Waals surface area (Å²) in [4.78, 5) is 0. The molecule has 0 atom stereocenters. The lowest BCUT2D eigenvalue weighted by atomic mass is 9.75. The van der Waals surface area contributed by atoms with Gasteiger partial charge in [-0.2, -0.15) is 0 Å². The van der Waals surface area contributed by atoms with Crippen LogP contribution in [0.15, 0.2) is 0 Å². The molecule has 0 radical (unpaired) electrons. The number of aliphatic hydroxyl groups excluding tert-OH is 1. The molecular weight excluding hydrogens is 123 g/mol. The molecule has 0 spiro atoms. The van der Waals surface area contributed by atoms with Crippen LogP contribution < -0.4 is 0 Å². The third-order valence-electron chi connectivity index (χ3n) is 1.91. The summed E-state index contributed by atoms with van der Waals surface area (Å²) < 4.78 is 11.7. The molecule has 54 valence electrons. The quantitative estimate of drug-likeness (QED) is 0.533. The molecule has 2 N–H and O–H groups in total. The molecule has 0 aliphatic heterocycles. The minimum atomic E-state index is -1.23. The van der Waals surface area contributed by atoms with Gasteiger partial charge in [0.25, 0.3) is 0 Å². The van der Waals surface area contributed by atoms with Crippen LogP contribution in [-0.4, -0.2) is 23.2 Å². The van der Waals surface area contributed by atoms with Crippen molar-refractivity contribution in [2.75, 3.05) is 6.67 Å². The maximum absolute atomic E-state index is 11.7. The Morgan fingerprint density at radius 2 is 2.00 bits per heavy atom. The predicted molar refractivity (Wildman–Crippen MR) is 30.4 cm³/mol. The summed E-state index contributed by atoms with van der Waals surface area (Å²) in [6.45, 7) is -0.316. The average Bonchev–Trinajstić information content (AvgIpc) is 1.61. The van der Waals surface area contributed by atoms with E-state index in [1.807, 2.05) is 0 Å². The highest BCUT2D eigenvalue weighted by Crippen LogP contribution is 2.35. The van der Waals surface area contributed by atoms with Gasteiger partial charge in [-0.25, -0.2) is 0 Å². The second kappa shape index (κ2) is 2.62. The molecule has 0 heterocycles. The van der Waals surface area contributed by atoms with Crippen LogP contribution in [0.3, 0.4) is 0 Å². The number of aliphatic hydroxyl groups is 2. The monoisotopic (exact) mass is 134 g/mol. The average molecular weight is 134 g/mol.